The van der Waals surface area contributed by atoms with Gasteiger partial charge in [0.15, 0.2) is 0 Å². The molecule has 0 spiro atoms. The molecule has 0 saturated carbocycles. The molecule has 2 N–H and O–H groups in total. The van der Waals surface area contributed by atoms with Crippen molar-refractivity contribution in [2.24, 2.45) is 0 Å². The predicted octanol–water partition coefficient (Wildman–Crippen LogP) is 3.31. The van der Waals surface area contributed by atoms with E-state index >= 15 is 0 Å². The number of carbonyl (C=O) groups is 1. The normalized spacial score (nSPS) is 17.0. The zero-order valence-electron chi connectivity index (χ0n) is 13.0. The number of hydrogen-bond acceptors (Lipinski definition) is 3. The average Bonchev–Trinajstić information content (AvgIpc) is 3.02. The van der Waals surface area contributed by atoms with Gasteiger partial charge in [-0.05, 0) is 30.7 Å². The topological polar surface area (TPSA) is 57.4 Å². The van der Waals surface area contributed by atoms with Crippen LogP contribution < -0.4 is 5.32 Å². The van der Waals surface area contributed by atoms with Gasteiger partial charge in [-0.2, -0.15) is 0 Å². The molecule has 5 nitrogen and oxygen atoms in total. The quantitative estimate of drug-likeness (QED) is 0.902. The van der Waals surface area contributed by atoms with E-state index in [1.807, 2.05) is 12.1 Å². The van der Waals surface area contributed by atoms with Gasteiger partial charge in [0.25, 0.3) is 5.91 Å². The third-order valence-electron chi connectivity index (χ3n) is 4.14. The predicted molar refractivity (Wildman–Crippen MR) is 91.0 cm³/mol. The fourth-order valence-corrected chi connectivity index (χ4v) is 2.88. The monoisotopic (exact) mass is 333 g/mol. The molecule has 2 aromatic rings. The number of halogens is 1. The molecular weight excluding hydrogens is 314 g/mol. The number of rotatable bonds is 4. The number of ether oxygens (including phenoxy) is 1. The van der Waals surface area contributed by atoms with E-state index in [0.29, 0.717) is 16.8 Å². The zero-order chi connectivity index (χ0) is 16.2. The SMILES string of the molecule is C[C@H](c1ccc(NC(=O)c2cc(Cl)c[nH]2)cc1)N1CCOCC1. The molecule has 1 saturated heterocycles. The highest BCUT2D eigenvalue weighted by Gasteiger charge is 2.18. The van der Waals surface area contributed by atoms with Gasteiger partial charge in [0.1, 0.15) is 5.69 Å². The summed E-state index contributed by atoms with van der Waals surface area (Å²) in [6.07, 6.45) is 1.59. The van der Waals surface area contributed by atoms with Crippen molar-refractivity contribution in [3.8, 4) is 0 Å². The number of morpholine rings is 1. The molecule has 3 rings (SSSR count). The highest BCUT2D eigenvalue weighted by Crippen LogP contribution is 2.23. The Morgan fingerprint density at radius 1 is 1.30 bits per heavy atom. The van der Waals surface area contributed by atoms with E-state index in [9.17, 15) is 4.79 Å². The van der Waals surface area contributed by atoms with Crippen LogP contribution in [0.15, 0.2) is 36.5 Å². The van der Waals surface area contributed by atoms with Crippen LogP contribution >= 0.6 is 11.6 Å². The number of aromatic amines is 1. The molecule has 1 aliphatic rings. The highest BCUT2D eigenvalue weighted by molar-refractivity contribution is 6.31. The van der Waals surface area contributed by atoms with Gasteiger partial charge in [0, 0.05) is 31.0 Å². The first-order chi connectivity index (χ1) is 11.1. The van der Waals surface area contributed by atoms with Crippen molar-refractivity contribution < 1.29 is 9.53 Å². The second-order valence-electron chi connectivity index (χ2n) is 5.63. The van der Waals surface area contributed by atoms with Crippen molar-refractivity contribution in [2.75, 3.05) is 31.6 Å². The largest absolute Gasteiger partial charge is 0.379 e. The average molecular weight is 334 g/mol. The lowest BCUT2D eigenvalue weighted by molar-refractivity contribution is 0.0198. The number of H-pyrrole nitrogens is 1. The smallest absolute Gasteiger partial charge is 0.272 e. The summed E-state index contributed by atoms with van der Waals surface area (Å²) in [4.78, 5) is 17.3. The third kappa shape index (κ3) is 3.93. The molecule has 1 amide bonds. The summed E-state index contributed by atoms with van der Waals surface area (Å²) >= 11 is 5.81. The van der Waals surface area contributed by atoms with Crippen LogP contribution in [-0.2, 0) is 4.74 Å². The number of hydrogen-bond donors (Lipinski definition) is 2. The first-order valence-electron chi connectivity index (χ1n) is 7.70. The Balaban J connectivity index is 1.63. The summed E-state index contributed by atoms with van der Waals surface area (Å²) < 4.78 is 5.39. The highest BCUT2D eigenvalue weighted by atomic mass is 35.5. The zero-order valence-corrected chi connectivity index (χ0v) is 13.8. The molecule has 2 heterocycles. The Labute approximate surface area is 140 Å². The van der Waals surface area contributed by atoms with E-state index in [2.05, 4.69) is 34.3 Å². The maximum atomic E-state index is 12.1. The summed E-state index contributed by atoms with van der Waals surface area (Å²) in [6, 6.07) is 9.90. The number of aromatic nitrogens is 1. The molecule has 1 fully saturated rings. The molecule has 0 bridgehead atoms. The number of nitrogens with zero attached hydrogens (tertiary/aromatic N) is 1. The maximum Gasteiger partial charge on any atom is 0.272 e. The number of benzene rings is 1. The first kappa shape index (κ1) is 16.1. The van der Waals surface area contributed by atoms with Crippen molar-refractivity contribution in [1.82, 2.24) is 9.88 Å². The van der Waals surface area contributed by atoms with Gasteiger partial charge < -0.3 is 15.0 Å². The molecule has 1 aromatic heterocycles. The molecule has 1 atom stereocenters. The number of carbonyl (C=O) groups excluding carboxylic acids is 1. The minimum absolute atomic E-state index is 0.203. The van der Waals surface area contributed by atoms with Crippen LogP contribution in [0.5, 0.6) is 0 Å². The van der Waals surface area contributed by atoms with Gasteiger partial charge in [-0.25, -0.2) is 0 Å². The van der Waals surface area contributed by atoms with Crippen LogP contribution in [0, 0.1) is 0 Å². The Kier molecular flexibility index (Phi) is 5.00. The summed E-state index contributed by atoms with van der Waals surface area (Å²) in [5.74, 6) is -0.203. The Morgan fingerprint density at radius 2 is 2.00 bits per heavy atom. The van der Waals surface area contributed by atoms with Crippen LogP contribution in [0.2, 0.25) is 5.02 Å². The van der Waals surface area contributed by atoms with Crippen LogP contribution in [-0.4, -0.2) is 42.1 Å². The molecule has 122 valence electrons. The molecule has 23 heavy (non-hydrogen) atoms. The molecule has 0 radical (unpaired) electrons. The molecule has 1 aliphatic heterocycles. The lowest BCUT2D eigenvalue weighted by atomic mass is 10.1. The van der Waals surface area contributed by atoms with Crippen molar-refractivity contribution in [3.05, 3.63) is 52.8 Å². The molecule has 1 aromatic carbocycles. The lowest BCUT2D eigenvalue weighted by Crippen LogP contribution is -2.37. The second-order valence-corrected chi connectivity index (χ2v) is 6.07. The summed E-state index contributed by atoms with van der Waals surface area (Å²) in [6.45, 7) is 5.68. The molecule has 0 aliphatic carbocycles. The molecule has 6 heteroatoms. The Bertz CT molecular complexity index is 663. The standard InChI is InChI=1S/C17H20ClN3O2/c1-12(21-6-8-23-9-7-21)13-2-4-15(5-3-13)20-17(22)16-10-14(18)11-19-16/h2-5,10-12,19H,6-9H2,1H3,(H,20,22)/t12-/m1/s1. The summed E-state index contributed by atoms with van der Waals surface area (Å²) in [7, 11) is 0. The van der Waals surface area contributed by atoms with Crippen molar-refractivity contribution >= 4 is 23.2 Å². The van der Waals surface area contributed by atoms with Gasteiger partial charge in [-0.1, -0.05) is 23.7 Å². The van der Waals surface area contributed by atoms with E-state index in [1.165, 1.54) is 5.56 Å². The number of anilines is 1. The van der Waals surface area contributed by atoms with Crippen molar-refractivity contribution in [2.45, 2.75) is 13.0 Å². The second kappa shape index (κ2) is 7.17. The van der Waals surface area contributed by atoms with Gasteiger partial charge in [-0.3, -0.25) is 9.69 Å². The number of amides is 1. The fraction of sp³-hybridized carbons (Fsp3) is 0.353. The minimum Gasteiger partial charge on any atom is -0.379 e. The van der Waals surface area contributed by atoms with Crippen molar-refractivity contribution in [1.29, 1.82) is 0 Å². The fourth-order valence-electron chi connectivity index (χ4n) is 2.72. The molecule has 0 unspecified atom stereocenters. The van der Waals surface area contributed by atoms with Crippen LogP contribution in [0.25, 0.3) is 0 Å². The van der Waals surface area contributed by atoms with Crippen molar-refractivity contribution in [3.63, 3.8) is 0 Å². The van der Waals surface area contributed by atoms with E-state index in [0.717, 1.165) is 32.0 Å². The first-order valence-corrected chi connectivity index (χ1v) is 8.08. The van der Waals surface area contributed by atoms with E-state index in [1.54, 1.807) is 12.3 Å². The summed E-state index contributed by atoms with van der Waals surface area (Å²) in [5, 5.41) is 3.37. The van der Waals surface area contributed by atoms with Gasteiger partial charge in [0.05, 0.1) is 18.2 Å². The summed E-state index contributed by atoms with van der Waals surface area (Å²) in [5.41, 5.74) is 2.44. The maximum absolute atomic E-state index is 12.1. The third-order valence-corrected chi connectivity index (χ3v) is 4.35. The van der Waals surface area contributed by atoms with E-state index in [-0.39, 0.29) is 5.91 Å². The Hall–Kier alpha value is -1.82. The molecular formula is C17H20ClN3O2. The lowest BCUT2D eigenvalue weighted by Gasteiger charge is -2.32. The van der Waals surface area contributed by atoms with Crippen LogP contribution in [0.1, 0.15) is 29.0 Å². The minimum atomic E-state index is -0.203. The number of nitrogens with one attached hydrogen (secondary N) is 2. The Morgan fingerprint density at radius 3 is 2.61 bits per heavy atom. The van der Waals surface area contributed by atoms with Gasteiger partial charge in [-0.15, -0.1) is 0 Å². The van der Waals surface area contributed by atoms with Crippen LogP contribution in [0.3, 0.4) is 0 Å². The van der Waals surface area contributed by atoms with Gasteiger partial charge in [0.2, 0.25) is 0 Å². The van der Waals surface area contributed by atoms with E-state index < -0.39 is 0 Å². The van der Waals surface area contributed by atoms with Gasteiger partial charge >= 0.3 is 0 Å². The van der Waals surface area contributed by atoms with E-state index in [4.69, 9.17) is 16.3 Å². The van der Waals surface area contributed by atoms with Crippen LogP contribution in [0.4, 0.5) is 5.69 Å².